The van der Waals surface area contributed by atoms with Crippen molar-refractivity contribution in [1.29, 1.82) is 0 Å². The van der Waals surface area contributed by atoms with Crippen molar-refractivity contribution in [2.45, 2.75) is 18.9 Å². The Hall–Kier alpha value is -4.51. The van der Waals surface area contributed by atoms with Crippen LogP contribution in [0, 0.1) is 6.92 Å². The lowest BCUT2D eigenvalue weighted by atomic mass is 9.80. The van der Waals surface area contributed by atoms with Gasteiger partial charge in [0, 0.05) is 23.3 Å². The van der Waals surface area contributed by atoms with E-state index in [9.17, 15) is 9.59 Å². The van der Waals surface area contributed by atoms with E-state index in [1.807, 2.05) is 127 Å². The Morgan fingerprint density at radius 2 is 1.40 bits per heavy atom. The van der Waals surface area contributed by atoms with E-state index in [-0.39, 0.29) is 5.78 Å². The molecular weight excluding hydrogens is 436 g/mol. The number of rotatable bonds is 7. The number of aryl methyl sites for hydroxylation is 1. The van der Waals surface area contributed by atoms with E-state index < -0.39 is 17.6 Å². The largest absolute Gasteiger partial charge is 0.361 e. The Kier molecular flexibility index (Phi) is 6.22. The molecule has 2 unspecified atom stereocenters. The summed E-state index contributed by atoms with van der Waals surface area (Å²) in [4.78, 5) is 27.4. The lowest BCUT2D eigenvalue weighted by molar-refractivity contribution is -0.709. The molecule has 2 heterocycles. The first kappa shape index (κ1) is 22.3. The third kappa shape index (κ3) is 4.49. The van der Waals surface area contributed by atoms with Gasteiger partial charge in [-0.2, -0.15) is 4.57 Å². The standard InChI is InChI=1S/C30H24N2O3/c1-21-15-17-22(18-16-21)25(26-27(31-35-30(26)34)23-11-5-2-6-12-23)28(32-19-9-4-10-20-32)29(33)24-13-7-3-8-14-24/h2-20,25,28H,1H3/p+1. The molecule has 0 bridgehead atoms. The predicted molar refractivity (Wildman–Crippen MR) is 134 cm³/mol. The number of nitrogens with zero attached hydrogens (tertiary/aromatic N) is 1. The minimum atomic E-state index is -0.720. The van der Waals surface area contributed by atoms with Crippen LogP contribution in [0.4, 0.5) is 0 Å². The van der Waals surface area contributed by atoms with E-state index in [0.29, 0.717) is 16.8 Å². The zero-order valence-corrected chi connectivity index (χ0v) is 19.3. The van der Waals surface area contributed by atoms with E-state index in [0.717, 1.165) is 16.7 Å². The first-order chi connectivity index (χ1) is 17.1. The zero-order chi connectivity index (χ0) is 24.2. The van der Waals surface area contributed by atoms with Gasteiger partial charge in [-0.1, -0.05) is 96.6 Å². The number of nitrogens with one attached hydrogen (secondary N) is 1. The summed E-state index contributed by atoms with van der Waals surface area (Å²) in [5.74, 6) is -0.694. The van der Waals surface area contributed by atoms with Crippen LogP contribution >= 0.6 is 0 Å². The number of hydrogen-bond acceptors (Lipinski definition) is 3. The molecule has 5 aromatic rings. The van der Waals surface area contributed by atoms with Crippen molar-refractivity contribution < 1.29 is 13.9 Å². The van der Waals surface area contributed by atoms with Crippen molar-refractivity contribution in [3.63, 3.8) is 0 Å². The molecule has 0 amide bonds. The van der Waals surface area contributed by atoms with Gasteiger partial charge in [0.15, 0.2) is 12.4 Å². The highest BCUT2D eigenvalue weighted by molar-refractivity contribution is 5.99. The number of Topliss-reactive ketones (excluding diaryl/α,β-unsaturated/α-hetero) is 1. The van der Waals surface area contributed by atoms with Gasteiger partial charge in [-0.3, -0.25) is 4.79 Å². The molecule has 0 aliphatic carbocycles. The summed E-state index contributed by atoms with van der Waals surface area (Å²) in [6.45, 7) is 2.01. The van der Waals surface area contributed by atoms with Gasteiger partial charge in [0.05, 0.1) is 17.2 Å². The van der Waals surface area contributed by atoms with Crippen molar-refractivity contribution in [3.05, 3.63) is 148 Å². The fourth-order valence-corrected chi connectivity index (χ4v) is 4.52. The van der Waals surface area contributed by atoms with E-state index in [4.69, 9.17) is 4.52 Å². The Morgan fingerprint density at radius 3 is 2.06 bits per heavy atom. The first-order valence-electron chi connectivity index (χ1n) is 11.5. The second-order valence-electron chi connectivity index (χ2n) is 8.53. The second-order valence-corrected chi connectivity index (χ2v) is 8.53. The Morgan fingerprint density at radius 1 is 0.800 bits per heavy atom. The van der Waals surface area contributed by atoms with Crippen LogP contribution < -0.4 is 10.2 Å². The third-order valence-electron chi connectivity index (χ3n) is 6.25. The quantitative estimate of drug-likeness (QED) is 0.258. The number of benzene rings is 3. The molecule has 5 nitrogen and oxygen atoms in total. The summed E-state index contributed by atoms with van der Waals surface area (Å²) in [5.41, 5.74) is 3.84. The molecule has 0 aliphatic rings. The number of aromatic nitrogens is 2. The van der Waals surface area contributed by atoms with Crippen molar-refractivity contribution >= 4 is 5.78 Å². The number of pyridine rings is 1. The number of ketones is 1. The van der Waals surface area contributed by atoms with Crippen molar-refractivity contribution in [2.24, 2.45) is 0 Å². The third-order valence-corrected chi connectivity index (χ3v) is 6.25. The highest BCUT2D eigenvalue weighted by atomic mass is 16.5. The molecule has 5 rings (SSSR count). The maximum Gasteiger partial charge on any atom is 0.361 e. The van der Waals surface area contributed by atoms with Crippen LogP contribution in [0.2, 0.25) is 0 Å². The smallest absolute Gasteiger partial charge is 0.338 e. The minimum absolute atomic E-state index is 0.0908. The van der Waals surface area contributed by atoms with Crippen LogP contribution in [0.3, 0.4) is 0 Å². The average molecular weight is 462 g/mol. The highest BCUT2D eigenvalue weighted by Crippen LogP contribution is 2.37. The number of carbonyl (C=O) groups is 1. The van der Waals surface area contributed by atoms with Crippen molar-refractivity contribution in [1.82, 2.24) is 5.16 Å². The number of carbonyl (C=O) groups excluding carboxylic acids is 1. The van der Waals surface area contributed by atoms with Gasteiger partial charge in [-0.05, 0) is 12.5 Å². The van der Waals surface area contributed by atoms with Crippen LogP contribution in [-0.2, 0) is 0 Å². The zero-order valence-electron chi connectivity index (χ0n) is 19.3. The van der Waals surface area contributed by atoms with Crippen LogP contribution in [0.25, 0.3) is 11.3 Å². The molecule has 3 aromatic carbocycles. The lowest BCUT2D eigenvalue weighted by Gasteiger charge is -2.22. The van der Waals surface area contributed by atoms with Gasteiger partial charge in [-0.15, -0.1) is 0 Å². The first-order valence-corrected chi connectivity index (χ1v) is 11.5. The molecule has 5 heteroatoms. The van der Waals surface area contributed by atoms with Crippen LogP contribution in [-0.4, -0.2) is 10.9 Å². The van der Waals surface area contributed by atoms with Gasteiger partial charge in [0.2, 0.25) is 11.8 Å². The molecule has 172 valence electrons. The van der Waals surface area contributed by atoms with Gasteiger partial charge in [0.1, 0.15) is 0 Å². The maximum atomic E-state index is 14.1. The van der Waals surface area contributed by atoms with E-state index >= 15 is 0 Å². The van der Waals surface area contributed by atoms with Crippen LogP contribution in [0.1, 0.15) is 39.0 Å². The summed E-state index contributed by atoms with van der Waals surface area (Å²) in [5, 5.41) is 2.83. The summed E-state index contributed by atoms with van der Waals surface area (Å²) in [6.07, 6.45) is 3.73. The van der Waals surface area contributed by atoms with Crippen molar-refractivity contribution in [2.75, 3.05) is 0 Å². The van der Waals surface area contributed by atoms with Crippen LogP contribution in [0.5, 0.6) is 0 Å². The summed E-state index contributed by atoms with van der Waals surface area (Å²) in [7, 11) is 0. The van der Waals surface area contributed by atoms with E-state index in [1.165, 1.54) is 0 Å². The normalized spacial score (nSPS) is 12.7. The Labute approximate surface area is 203 Å². The topological polar surface area (TPSA) is 67.0 Å². The molecule has 2 atom stereocenters. The van der Waals surface area contributed by atoms with E-state index in [1.54, 1.807) is 0 Å². The van der Waals surface area contributed by atoms with E-state index in [2.05, 4.69) is 5.16 Å². The molecule has 2 aromatic heterocycles. The maximum absolute atomic E-state index is 14.1. The SMILES string of the molecule is Cc1ccc(C(c2c(-c3ccccc3)[nH]oc2=O)C(C(=O)c2ccccc2)[n+]2ccccc2)cc1. The van der Waals surface area contributed by atoms with Gasteiger partial charge in [0.25, 0.3) is 0 Å². The molecular formula is C30H25N2O3+. The molecule has 0 saturated heterocycles. The molecule has 0 aliphatic heterocycles. The average Bonchev–Trinajstić information content (AvgIpc) is 3.30. The molecule has 1 N–H and O–H groups in total. The van der Waals surface area contributed by atoms with Crippen molar-refractivity contribution in [3.8, 4) is 11.3 Å². The van der Waals surface area contributed by atoms with Crippen LogP contribution in [0.15, 0.2) is 125 Å². The van der Waals surface area contributed by atoms with Gasteiger partial charge in [-0.25, -0.2) is 9.95 Å². The fraction of sp³-hybridized carbons (Fsp3) is 0.100. The molecule has 35 heavy (non-hydrogen) atoms. The predicted octanol–water partition coefficient (Wildman–Crippen LogP) is 5.49. The number of hydrogen-bond donors (Lipinski definition) is 1. The van der Waals surface area contributed by atoms with Gasteiger partial charge >= 0.3 is 5.63 Å². The number of H-pyrrole nitrogens is 1. The summed E-state index contributed by atoms with van der Waals surface area (Å²) >= 11 is 0. The molecule has 0 spiro atoms. The highest BCUT2D eigenvalue weighted by Gasteiger charge is 2.42. The molecule has 0 fully saturated rings. The lowest BCUT2D eigenvalue weighted by Crippen LogP contribution is -2.47. The Bertz CT molecular complexity index is 1470. The Balaban J connectivity index is 1.79. The second kappa shape index (κ2) is 9.77. The number of aromatic amines is 1. The fourth-order valence-electron chi connectivity index (χ4n) is 4.52. The molecule has 0 saturated carbocycles. The monoisotopic (exact) mass is 461 g/mol. The molecule has 0 radical (unpaired) electrons. The summed E-state index contributed by atoms with van der Waals surface area (Å²) < 4.78 is 7.22. The summed E-state index contributed by atoms with van der Waals surface area (Å²) in [6, 6.07) is 31.7. The van der Waals surface area contributed by atoms with Gasteiger partial charge < -0.3 is 4.52 Å². The minimum Gasteiger partial charge on any atom is -0.338 e.